The fourth-order valence-electron chi connectivity index (χ4n) is 3.18. The van der Waals surface area contributed by atoms with Gasteiger partial charge in [-0.15, -0.1) is 0 Å². The van der Waals surface area contributed by atoms with E-state index in [2.05, 4.69) is 6.92 Å². The second-order valence-electron chi connectivity index (χ2n) is 6.85. The molecule has 0 fully saturated rings. The lowest BCUT2D eigenvalue weighted by atomic mass is 10.0. The average Bonchev–Trinajstić information content (AvgIpc) is 2.65. The lowest BCUT2D eigenvalue weighted by molar-refractivity contribution is 0.462. The number of para-hydroxylation sites is 1. The molecule has 4 nitrogen and oxygen atoms in total. The SMILES string of the molecule is CCCCCCCCCCc1c(Oc2ccccc2)cccc1S(=O)(=O)O. The molecule has 0 atom stereocenters. The molecule has 0 aliphatic heterocycles. The van der Waals surface area contributed by atoms with Crippen LogP contribution < -0.4 is 4.74 Å². The fourth-order valence-corrected chi connectivity index (χ4v) is 3.94. The molecule has 0 aliphatic carbocycles. The van der Waals surface area contributed by atoms with E-state index in [0.29, 0.717) is 23.5 Å². The molecule has 2 rings (SSSR count). The largest absolute Gasteiger partial charge is 0.457 e. The van der Waals surface area contributed by atoms with Crippen LogP contribution in [0.15, 0.2) is 53.4 Å². The van der Waals surface area contributed by atoms with E-state index < -0.39 is 10.1 Å². The molecule has 0 radical (unpaired) electrons. The summed E-state index contributed by atoms with van der Waals surface area (Å²) in [6.45, 7) is 2.21. The molecule has 0 unspecified atom stereocenters. The van der Waals surface area contributed by atoms with Crippen LogP contribution in [0.1, 0.15) is 63.9 Å². The molecule has 0 aliphatic rings. The van der Waals surface area contributed by atoms with Gasteiger partial charge < -0.3 is 4.74 Å². The smallest absolute Gasteiger partial charge is 0.294 e. The summed E-state index contributed by atoms with van der Waals surface area (Å²) in [5, 5.41) is 0. The van der Waals surface area contributed by atoms with Gasteiger partial charge in [-0.2, -0.15) is 8.42 Å². The molecule has 0 bridgehead atoms. The Labute approximate surface area is 163 Å². The van der Waals surface area contributed by atoms with Crippen molar-refractivity contribution in [1.29, 1.82) is 0 Å². The number of ether oxygens (including phenoxy) is 1. The van der Waals surface area contributed by atoms with Gasteiger partial charge in [-0.05, 0) is 37.1 Å². The van der Waals surface area contributed by atoms with Crippen molar-refractivity contribution in [2.75, 3.05) is 0 Å². The van der Waals surface area contributed by atoms with Crippen LogP contribution in [-0.2, 0) is 16.5 Å². The van der Waals surface area contributed by atoms with Gasteiger partial charge in [0.1, 0.15) is 16.4 Å². The van der Waals surface area contributed by atoms with Crippen LogP contribution >= 0.6 is 0 Å². The monoisotopic (exact) mass is 390 g/mol. The zero-order valence-electron chi connectivity index (χ0n) is 16.1. The zero-order valence-corrected chi connectivity index (χ0v) is 16.9. The van der Waals surface area contributed by atoms with Gasteiger partial charge in [0.2, 0.25) is 0 Å². The highest BCUT2D eigenvalue weighted by atomic mass is 32.2. The lowest BCUT2D eigenvalue weighted by Crippen LogP contribution is -2.05. The van der Waals surface area contributed by atoms with Crippen molar-refractivity contribution >= 4 is 10.1 Å². The third kappa shape index (κ3) is 7.35. The summed E-state index contributed by atoms with van der Waals surface area (Å²) < 4.78 is 39.1. The molecule has 148 valence electrons. The number of hydrogen-bond acceptors (Lipinski definition) is 3. The first-order valence-electron chi connectivity index (χ1n) is 9.84. The maximum atomic E-state index is 11.8. The molecule has 0 saturated heterocycles. The predicted octanol–water partition coefficient (Wildman–Crippen LogP) is 6.41. The topological polar surface area (TPSA) is 63.6 Å². The third-order valence-corrected chi connectivity index (χ3v) is 5.56. The number of benzene rings is 2. The summed E-state index contributed by atoms with van der Waals surface area (Å²) in [5.74, 6) is 1.13. The molecular weight excluding hydrogens is 360 g/mol. The van der Waals surface area contributed by atoms with Crippen LogP contribution in [0.2, 0.25) is 0 Å². The van der Waals surface area contributed by atoms with E-state index in [1.807, 2.05) is 30.3 Å². The molecule has 2 aromatic carbocycles. The highest BCUT2D eigenvalue weighted by molar-refractivity contribution is 7.85. The standard InChI is InChI=1S/C22H30O4S/c1-2-3-4-5-6-7-8-12-16-20-21(26-19-14-10-9-11-15-19)17-13-18-22(20)27(23,24)25/h9-11,13-15,17-18H,2-8,12,16H2,1H3,(H,23,24,25). The molecule has 0 amide bonds. The molecule has 5 heteroatoms. The second kappa shape index (κ2) is 11.1. The van der Waals surface area contributed by atoms with Gasteiger partial charge in [0.25, 0.3) is 10.1 Å². The summed E-state index contributed by atoms with van der Waals surface area (Å²) in [6.07, 6.45) is 9.92. The summed E-state index contributed by atoms with van der Waals surface area (Å²) in [5.41, 5.74) is 0.551. The van der Waals surface area contributed by atoms with Crippen LogP contribution in [0, 0.1) is 0 Å². The van der Waals surface area contributed by atoms with Gasteiger partial charge >= 0.3 is 0 Å². The average molecular weight is 391 g/mol. The Morgan fingerprint density at radius 2 is 1.44 bits per heavy atom. The van der Waals surface area contributed by atoms with Crippen molar-refractivity contribution < 1.29 is 17.7 Å². The molecule has 0 aromatic heterocycles. The Kier molecular flexibility index (Phi) is 8.82. The van der Waals surface area contributed by atoms with Crippen molar-refractivity contribution in [1.82, 2.24) is 0 Å². The van der Waals surface area contributed by atoms with Crippen molar-refractivity contribution in [3.05, 3.63) is 54.1 Å². The van der Waals surface area contributed by atoms with E-state index in [-0.39, 0.29) is 4.90 Å². The Morgan fingerprint density at radius 3 is 2.07 bits per heavy atom. The van der Waals surface area contributed by atoms with E-state index in [9.17, 15) is 13.0 Å². The van der Waals surface area contributed by atoms with E-state index in [4.69, 9.17) is 4.74 Å². The Balaban J connectivity index is 2.03. The minimum Gasteiger partial charge on any atom is -0.457 e. The predicted molar refractivity (Wildman–Crippen MR) is 109 cm³/mol. The summed E-state index contributed by atoms with van der Waals surface area (Å²) in [6, 6.07) is 14.0. The fraction of sp³-hybridized carbons (Fsp3) is 0.455. The Hall–Kier alpha value is -1.85. The molecule has 2 aromatic rings. The molecule has 0 spiro atoms. The van der Waals surface area contributed by atoms with Crippen molar-refractivity contribution in [3.8, 4) is 11.5 Å². The van der Waals surface area contributed by atoms with Crippen LogP contribution in [-0.4, -0.2) is 13.0 Å². The number of unbranched alkanes of at least 4 members (excludes halogenated alkanes) is 7. The van der Waals surface area contributed by atoms with Gasteiger partial charge in [-0.1, -0.05) is 76.1 Å². The van der Waals surface area contributed by atoms with Crippen molar-refractivity contribution in [3.63, 3.8) is 0 Å². The first-order valence-corrected chi connectivity index (χ1v) is 11.3. The quantitative estimate of drug-likeness (QED) is 0.336. The van der Waals surface area contributed by atoms with Gasteiger partial charge in [0, 0.05) is 5.56 Å². The van der Waals surface area contributed by atoms with Crippen LogP contribution in [0.4, 0.5) is 0 Å². The summed E-state index contributed by atoms with van der Waals surface area (Å²) in [7, 11) is -4.29. The van der Waals surface area contributed by atoms with Crippen LogP contribution in [0.25, 0.3) is 0 Å². The third-order valence-electron chi connectivity index (χ3n) is 4.62. The lowest BCUT2D eigenvalue weighted by Gasteiger charge is -2.14. The number of hydrogen-bond donors (Lipinski definition) is 1. The van der Waals surface area contributed by atoms with Gasteiger partial charge in [-0.25, -0.2) is 0 Å². The minimum atomic E-state index is -4.29. The molecule has 0 saturated carbocycles. The van der Waals surface area contributed by atoms with Crippen LogP contribution in [0.3, 0.4) is 0 Å². The molecule has 1 N–H and O–H groups in total. The van der Waals surface area contributed by atoms with Crippen molar-refractivity contribution in [2.24, 2.45) is 0 Å². The van der Waals surface area contributed by atoms with E-state index in [1.165, 1.54) is 38.2 Å². The van der Waals surface area contributed by atoms with Crippen LogP contribution in [0.5, 0.6) is 11.5 Å². The minimum absolute atomic E-state index is 0.0566. The van der Waals surface area contributed by atoms with Gasteiger partial charge in [0.15, 0.2) is 0 Å². The highest BCUT2D eigenvalue weighted by Crippen LogP contribution is 2.31. The summed E-state index contributed by atoms with van der Waals surface area (Å²) in [4.78, 5) is -0.0566. The highest BCUT2D eigenvalue weighted by Gasteiger charge is 2.19. The normalized spacial score (nSPS) is 11.5. The molecular formula is C22H30O4S. The maximum absolute atomic E-state index is 11.8. The summed E-state index contributed by atoms with van der Waals surface area (Å²) >= 11 is 0. The van der Waals surface area contributed by atoms with E-state index in [0.717, 1.165) is 19.3 Å². The first-order chi connectivity index (χ1) is 13.0. The van der Waals surface area contributed by atoms with Gasteiger partial charge in [-0.3, -0.25) is 4.55 Å². The maximum Gasteiger partial charge on any atom is 0.294 e. The Morgan fingerprint density at radius 1 is 0.815 bits per heavy atom. The molecule has 0 heterocycles. The van der Waals surface area contributed by atoms with E-state index >= 15 is 0 Å². The molecule has 27 heavy (non-hydrogen) atoms. The van der Waals surface area contributed by atoms with Gasteiger partial charge in [0.05, 0.1) is 0 Å². The first kappa shape index (κ1) is 21.5. The van der Waals surface area contributed by atoms with Crippen molar-refractivity contribution in [2.45, 2.75) is 69.6 Å². The second-order valence-corrected chi connectivity index (χ2v) is 8.24. The zero-order chi connectivity index (χ0) is 19.5. The Bertz CT molecular complexity index is 785. The number of rotatable bonds is 12. The van der Waals surface area contributed by atoms with E-state index in [1.54, 1.807) is 12.1 Å².